The van der Waals surface area contributed by atoms with Gasteiger partial charge in [0.2, 0.25) is 5.89 Å². The molecule has 8 nitrogen and oxygen atoms in total. The van der Waals surface area contributed by atoms with E-state index in [1.54, 1.807) is 6.92 Å². The van der Waals surface area contributed by atoms with Crippen molar-refractivity contribution in [2.75, 3.05) is 6.54 Å². The normalized spacial score (nSPS) is 12.2. The summed E-state index contributed by atoms with van der Waals surface area (Å²) in [5.74, 6) is 0.103. The van der Waals surface area contributed by atoms with Crippen molar-refractivity contribution >= 4 is 12.0 Å². The molecular formula is C12H20N4O4. The number of amides is 2. The molecule has 0 aliphatic rings. The average molecular weight is 284 g/mol. The van der Waals surface area contributed by atoms with Gasteiger partial charge in [-0.05, 0) is 19.3 Å². The van der Waals surface area contributed by atoms with Crippen molar-refractivity contribution in [1.82, 2.24) is 20.8 Å². The molecule has 0 fully saturated rings. The second-order valence-corrected chi connectivity index (χ2v) is 4.91. The molecule has 8 heteroatoms. The first-order chi connectivity index (χ1) is 9.38. The Hall–Kier alpha value is -2.12. The van der Waals surface area contributed by atoms with Crippen LogP contribution in [0.15, 0.2) is 4.52 Å². The minimum atomic E-state index is -1.04. The molecule has 0 saturated carbocycles. The number of carboxylic acid groups (broad SMARTS) is 1. The Labute approximate surface area is 116 Å². The number of carbonyl (C=O) groups is 2. The summed E-state index contributed by atoms with van der Waals surface area (Å²) in [4.78, 5) is 26.6. The first-order valence-electron chi connectivity index (χ1n) is 6.45. The van der Waals surface area contributed by atoms with Crippen LogP contribution in [0.5, 0.6) is 0 Å². The standard InChI is InChI=1S/C12H20N4O4/c1-7(2)6-9(11(17)18)15-12(19)13-5-4-10-14-8(3)16-20-10/h7,9H,4-6H2,1-3H3,(H,17,18)(H2,13,15,19)/t9-/m0/s1. The maximum absolute atomic E-state index is 11.6. The highest BCUT2D eigenvalue weighted by atomic mass is 16.5. The van der Waals surface area contributed by atoms with Gasteiger partial charge in [-0.1, -0.05) is 19.0 Å². The third-order valence-electron chi connectivity index (χ3n) is 2.50. The SMILES string of the molecule is Cc1noc(CCNC(=O)N[C@@H](CC(C)C)C(=O)O)n1. The van der Waals surface area contributed by atoms with E-state index in [0.717, 1.165) is 0 Å². The number of hydrogen-bond donors (Lipinski definition) is 3. The Morgan fingerprint density at radius 3 is 2.60 bits per heavy atom. The van der Waals surface area contributed by atoms with Crippen LogP contribution < -0.4 is 10.6 Å². The van der Waals surface area contributed by atoms with E-state index < -0.39 is 18.0 Å². The van der Waals surface area contributed by atoms with Crippen LogP contribution in [-0.2, 0) is 11.2 Å². The van der Waals surface area contributed by atoms with Gasteiger partial charge in [0.05, 0.1) is 0 Å². The second kappa shape index (κ2) is 7.46. The summed E-state index contributed by atoms with van der Waals surface area (Å²) >= 11 is 0. The highest BCUT2D eigenvalue weighted by molar-refractivity contribution is 5.82. The van der Waals surface area contributed by atoms with Gasteiger partial charge in [-0.15, -0.1) is 0 Å². The topological polar surface area (TPSA) is 117 Å². The Bertz CT molecular complexity index is 458. The summed E-state index contributed by atoms with van der Waals surface area (Å²) in [6, 6.07) is -1.41. The molecule has 3 N–H and O–H groups in total. The molecule has 2 amide bonds. The largest absolute Gasteiger partial charge is 0.480 e. The van der Waals surface area contributed by atoms with E-state index in [1.165, 1.54) is 0 Å². The van der Waals surface area contributed by atoms with E-state index in [2.05, 4.69) is 20.8 Å². The van der Waals surface area contributed by atoms with Crippen molar-refractivity contribution in [3.05, 3.63) is 11.7 Å². The lowest BCUT2D eigenvalue weighted by atomic mass is 10.0. The maximum Gasteiger partial charge on any atom is 0.326 e. The molecule has 20 heavy (non-hydrogen) atoms. The number of aliphatic carboxylic acids is 1. The minimum absolute atomic E-state index is 0.178. The number of carbonyl (C=O) groups excluding carboxylic acids is 1. The Kier molecular flexibility index (Phi) is 5.95. The van der Waals surface area contributed by atoms with Gasteiger partial charge in [-0.25, -0.2) is 9.59 Å². The minimum Gasteiger partial charge on any atom is -0.480 e. The van der Waals surface area contributed by atoms with Crippen LogP contribution in [0.1, 0.15) is 32.0 Å². The third kappa shape index (κ3) is 5.68. The molecule has 1 heterocycles. The quantitative estimate of drug-likeness (QED) is 0.679. The van der Waals surface area contributed by atoms with Crippen LogP contribution in [-0.4, -0.2) is 39.8 Å². The van der Waals surface area contributed by atoms with E-state index in [9.17, 15) is 9.59 Å². The molecule has 0 bridgehead atoms. The molecule has 0 aromatic carbocycles. The van der Waals surface area contributed by atoms with Crippen LogP contribution in [0.25, 0.3) is 0 Å². The van der Waals surface area contributed by atoms with Crippen molar-refractivity contribution < 1.29 is 19.2 Å². The zero-order valence-corrected chi connectivity index (χ0v) is 11.8. The summed E-state index contributed by atoms with van der Waals surface area (Å²) in [5, 5.41) is 17.6. The Balaban J connectivity index is 2.32. The Morgan fingerprint density at radius 2 is 2.10 bits per heavy atom. The fraction of sp³-hybridized carbons (Fsp3) is 0.667. The maximum atomic E-state index is 11.6. The van der Waals surface area contributed by atoms with Gasteiger partial charge < -0.3 is 20.3 Å². The monoisotopic (exact) mass is 284 g/mol. The lowest BCUT2D eigenvalue weighted by Gasteiger charge is -2.16. The van der Waals surface area contributed by atoms with Crippen molar-refractivity contribution in [3.8, 4) is 0 Å². The smallest absolute Gasteiger partial charge is 0.326 e. The number of carboxylic acids is 1. The predicted octanol–water partition coefficient (Wildman–Crippen LogP) is 0.719. The van der Waals surface area contributed by atoms with Gasteiger partial charge in [-0.3, -0.25) is 0 Å². The van der Waals surface area contributed by atoms with Crippen molar-refractivity contribution in [2.24, 2.45) is 5.92 Å². The molecule has 0 radical (unpaired) electrons. The van der Waals surface area contributed by atoms with E-state index in [1.807, 2.05) is 13.8 Å². The number of nitrogens with one attached hydrogen (secondary N) is 2. The lowest BCUT2D eigenvalue weighted by molar-refractivity contribution is -0.139. The zero-order chi connectivity index (χ0) is 15.1. The molecule has 0 aliphatic heterocycles. The van der Waals surface area contributed by atoms with Gasteiger partial charge in [0.25, 0.3) is 0 Å². The number of nitrogens with zero attached hydrogens (tertiary/aromatic N) is 2. The number of aromatic nitrogens is 2. The molecule has 0 saturated heterocycles. The number of rotatable bonds is 7. The lowest BCUT2D eigenvalue weighted by Crippen LogP contribution is -2.47. The van der Waals surface area contributed by atoms with Crippen LogP contribution in [0, 0.1) is 12.8 Å². The first-order valence-corrected chi connectivity index (χ1v) is 6.45. The van der Waals surface area contributed by atoms with Crippen molar-refractivity contribution in [1.29, 1.82) is 0 Å². The number of urea groups is 1. The van der Waals surface area contributed by atoms with Crippen LogP contribution in [0.4, 0.5) is 4.79 Å². The van der Waals surface area contributed by atoms with E-state index >= 15 is 0 Å². The molecule has 112 valence electrons. The van der Waals surface area contributed by atoms with Gasteiger partial charge in [0, 0.05) is 13.0 Å². The van der Waals surface area contributed by atoms with Gasteiger partial charge in [0.1, 0.15) is 6.04 Å². The van der Waals surface area contributed by atoms with Crippen LogP contribution in [0.3, 0.4) is 0 Å². The van der Waals surface area contributed by atoms with Crippen LogP contribution in [0.2, 0.25) is 0 Å². The predicted molar refractivity (Wildman–Crippen MR) is 70.2 cm³/mol. The first kappa shape index (κ1) is 15.9. The summed E-state index contributed by atoms with van der Waals surface area (Å²) in [6.45, 7) is 5.79. The molecule has 0 unspecified atom stereocenters. The zero-order valence-electron chi connectivity index (χ0n) is 11.8. The van der Waals surface area contributed by atoms with Gasteiger partial charge in [0.15, 0.2) is 5.82 Å². The molecule has 1 atom stereocenters. The van der Waals surface area contributed by atoms with E-state index in [0.29, 0.717) is 31.1 Å². The Morgan fingerprint density at radius 1 is 1.40 bits per heavy atom. The van der Waals surface area contributed by atoms with E-state index in [-0.39, 0.29) is 5.92 Å². The fourth-order valence-electron chi connectivity index (χ4n) is 1.63. The molecular weight excluding hydrogens is 264 g/mol. The van der Waals surface area contributed by atoms with Crippen LogP contribution >= 0.6 is 0 Å². The van der Waals surface area contributed by atoms with Gasteiger partial charge >= 0.3 is 12.0 Å². The fourth-order valence-corrected chi connectivity index (χ4v) is 1.63. The highest BCUT2D eigenvalue weighted by Gasteiger charge is 2.20. The molecule has 1 aromatic rings. The van der Waals surface area contributed by atoms with Gasteiger partial charge in [-0.2, -0.15) is 4.98 Å². The summed E-state index contributed by atoms with van der Waals surface area (Å²) in [6.07, 6.45) is 0.780. The highest BCUT2D eigenvalue weighted by Crippen LogP contribution is 2.04. The number of hydrogen-bond acceptors (Lipinski definition) is 5. The summed E-state index contributed by atoms with van der Waals surface area (Å²) in [5.41, 5.74) is 0. The van der Waals surface area contributed by atoms with Crippen molar-refractivity contribution in [2.45, 2.75) is 39.7 Å². The summed E-state index contributed by atoms with van der Waals surface area (Å²) < 4.78 is 4.89. The third-order valence-corrected chi connectivity index (χ3v) is 2.50. The van der Waals surface area contributed by atoms with Crippen molar-refractivity contribution in [3.63, 3.8) is 0 Å². The number of aryl methyl sites for hydroxylation is 1. The van der Waals surface area contributed by atoms with E-state index in [4.69, 9.17) is 9.63 Å². The molecule has 1 rings (SSSR count). The summed E-state index contributed by atoms with van der Waals surface area (Å²) in [7, 11) is 0. The molecule has 1 aromatic heterocycles. The molecule has 0 aliphatic carbocycles. The molecule has 0 spiro atoms. The average Bonchev–Trinajstić information content (AvgIpc) is 2.73. The second-order valence-electron chi connectivity index (χ2n) is 4.91.